The van der Waals surface area contributed by atoms with Crippen molar-refractivity contribution in [3.8, 4) is 0 Å². The predicted molar refractivity (Wildman–Crippen MR) is 54.9 cm³/mol. The Bertz CT molecular complexity index is 515. The lowest BCUT2D eigenvalue weighted by Crippen LogP contribution is -2.39. The minimum atomic E-state index is -4.99. The average Bonchev–Trinajstić information content (AvgIpc) is 2.73. The molecule has 112 valence electrons. The lowest BCUT2D eigenvalue weighted by Gasteiger charge is -2.30. The Kier molecular flexibility index (Phi) is 3.34. The smallest absolute Gasteiger partial charge is 0.437 e. The lowest BCUT2D eigenvalue weighted by atomic mass is 10.1. The Morgan fingerprint density at radius 2 is 1.85 bits per heavy atom. The molecule has 0 amide bonds. The van der Waals surface area contributed by atoms with Crippen LogP contribution in [-0.4, -0.2) is 35.1 Å². The van der Waals surface area contributed by atoms with E-state index >= 15 is 0 Å². The largest absolute Gasteiger partial charge is 0.475 e. The van der Waals surface area contributed by atoms with Crippen molar-refractivity contribution >= 4 is 12.0 Å². The quantitative estimate of drug-likeness (QED) is 0.850. The number of oxazole rings is 1. The number of carbonyl (C=O) groups is 1. The number of hydrogen-bond acceptors (Lipinski definition) is 4. The zero-order valence-electron chi connectivity index (χ0n) is 9.88. The molecule has 0 aromatic carbocycles. The minimum Gasteiger partial charge on any atom is -0.475 e. The highest BCUT2D eigenvalue weighted by atomic mass is 19.4. The molecule has 20 heavy (non-hydrogen) atoms. The van der Waals surface area contributed by atoms with Crippen LogP contribution in [0.1, 0.15) is 29.1 Å². The number of alkyl halides is 5. The van der Waals surface area contributed by atoms with Crippen LogP contribution in [0.3, 0.4) is 0 Å². The van der Waals surface area contributed by atoms with E-state index < -0.39 is 48.4 Å². The first-order chi connectivity index (χ1) is 9.10. The molecular formula is C10H9F5N2O3. The molecule has 0 saturated carbocycles. The molecule has 0 radical (unpaired) electrons. The van der Waals surface area contributed by atoms with Crippen molar-refractivity contribution in [1.29, 1.82) is 0 Å². The van der Waals surface area contributed by atoms with Gasteiger partial charge in [-0.25, -0.2) is 13.6 Å². The van der Waals surface area contributed by atoms with E-state index in [9.17, 15) is 26.7 Å². The Labute approximate surface area is 109 Å². The van der Waals surface area contributed by atoms with Gasteiger partial charge in [0.15, 0.2) is 5.69 Å². The third-order valence-corrected chi connectivity index (χ3v) is 2.84. The van der Waals surface area contributed by atoms with E-state index in [1.54, 1.807) is 0 Å². The van der Waals surface area contributed by atoms with Crippen molar-refractivity contribution < 1.29 is 36.3 Å². The van der Waals surface area contributed by atoms with Gasteiger partial charge in [0.05, 0.1) is 0 Å². The second kappa shape index (κ2) is 4.60. The van der Waals surface area contributed by atoms with Gasteiger partial charge in [-0.1, -0.05) is 0 Å². The third-order valence-electron chi connectivity index (χ3n) is 2.84. The SMILES string of the molecule is O=C(O)c1oc(N2CCC(F)(F)CC2)nc1C(F)(F)F. The summed E-state index contributed by atoms with van der Waals surface area (Å²) in [6.07, 6.45) is -6.10. The minimum absolute atomic E-state index is 0.260. The monoisotopic (exact) mass is 300 g/mol. The summed E-state index contributed by atoms with van der Waals surface area (Å²) in [6.45, 7) is -0.520. The normalized spacial score (nSPS) is 19.1. The first kappa shape index (κ1) is 14.5. The molecule has 1 aliphatic rings. The summed E-state index contributed by atoms with van der Waals surface area (Å²) in [5, 5.41) is 8.65. The molecule has 1 fully saturated rings. The van der Waals surface area contributed by atoms with Gasteiger partial charge < -0.3 is 14.4 Å². The molecular weight excluding hydrogens is 291 g/mol. The van der Waals surface area contributed by atoms with Crippen LogP contribution in [0.15, 0.2) is 4.42 Å². The van der Waals surface area contributed by atoms with Crippen LogP contribution in [0, 0.1) is 0 Å². The standard InChI is InChI=1S/C10H9F5N2O3/c11-9(12)1-3-17(4-2-9)8-16-6(10(13,14)15)5(20-8)7(18)19/h1-4H2,(H,18,19). The fourth-order valence-electron chi connectivity index (χ4n) is 1.81. The number of rotatable bonds is 2. The molecule has 0 unspecified atom stereocenters. The second-order valence-electron chi connectivity index (χ2n) is 4.32. The lowest BCUT2D eigenvalue weighted by molar-refractivity contribution is -0.141. The van der Waals surface area contributed by atoms with Gasteiger partial charge in [-0.15, -0.1) is 0 Å². The summed E-state index contributed by atoms with van der Waals surface area (Å²) in [4.78, 5) is 14.8. The summed E-state index contributed by atoms with van der Waals surface area (Å²) < 4.78 is 68.2. The van der Waals surface area contributed by atoms with Crippen LogP contribution in [0.4, 0.5) is 28.0 Å². The molecule has 1 saturated heterocycles. The van der Waals surface area contributed by atoms with Crippen molar-refractivity contribution in [2.24, 2.45) is 0 Å². The number of halogens is 5. The first-order valence-corrected chi connectivity index (χ1v) is 5.54. The molecule has 10 heteroatoms. The highest BCUT2D eigenvalue weighted by molar-refractivity contribution is 5.86. The number of piperidine rings is 1. The number of hydrogen-bond donors (Lipinski definition) is 1. The van der Waals surface area contributed by atoms with Crippen molar-refractivity contribution in [3.05, 3.63) is 11.5 Å². The van der Waals surface area contributed by atoms with Crippen LogP contribution >= 0.6 is 0 Å². The highest BCUT2D eigenvalue weighted by Crippen LogP contribution is 2.36. The summed E-state index contributed by atoms with van der Waals surface area (Å²) in [6, 6.07) is -0.606. The van der Waals surface area contributed by atoms with E-state index in [-0.39, 0.29) is 13.1 Å². The predicted octanol–water partition coefficient (Wildman–Crippen LogP) is 2.63. The molecule has 1 aliphatic heterocycles. The number of carboxylic acids is 1. The van der Waals surface area contributed by atoms with E-state index in [4.69, 9.17) is 5.11 Å². The molecule has 5 nitrogen and oxygen atoms in total. The zero-order chi connectivity index (χ0) is 15.1. The number of aromatic nitrogens is 1. The van der Waals surface area contributed by atoms with Crippen molar-refractivity contribution in [1.82, 2.24) is 4.98 Å². The van der Waals surface area contributed by atoms with Crippen LogP contribution in [0.2, 0.25) is 0 Å². The molecule has 2 heterocycles. The van der Waals surface area contributed by atoms with E-state index in [0.29, 0.717) is 0 Å². The second-order valence-corrected chi connectivity index (χ2v) is 4.32. The maximum atomic E-state index is 12.9. The van der Waals surface area contributed by atoms with Gasteiger partial charge in [-0.3, -0.25) is 0 Å². The Balaban J connectivity index is 2.28. The number of nitrogens with zero attached hydrogens (tertiary/aromatic N) is 2. The van der Waals surface area contributed by atoms with Gasteiger partial charge in [0.1, 0.15) is 0 Å². The number of aromatic carboxylic acids is 1. The van der Waals surface area contributed by atoms with Crippen molar-refractivity contribution in [3.63, 3.8) is 0 Å². The van der Waals surface area contributed by atoms with Crippen LogP contribution in [-0.2, 0) is 6.18 Å². The maximum absolute atomic E-state index is 12.9. The fraction of sp³-hybridized carbons (Fsp3) is 0.600. The summed E-state index contributed by atoms with van der Waals surface area (Å²) in [7, 11) is 0. The van der Waals surface area contributed by atoms with Gasteiger partial charge in [0.2, 0.25) is 5.76 Å². The summed E-state index contributed by atoms with van der Waals surface area (Å²) in [5.41, 5.74) is -1.67. The summed E-state index contributed by atoms with van der Waals surface area (Å²) >= 11 is 0. The van der Waals surface area contributed by atoms with E-state index in [1.165, 1.54) is 0 Å². The fourth-order valence-corrected chi connectivity index (χ4v) is 1.81. The molecule has 2 rings (SSSR count). The maximum Gasteiger partial charge on any atom is 0.437 e. The van der Waals surface area contributed by atoms with Crippen molar-refractivity contribution in [2.45, 2.75) is 24.9 Å². The Morgan fingerprint density at radius 1 is 1.30 bits per heavy atom. The van der Waals surface area contributed by atoms with Gasteiger partial charge in [0, 0.05) is 25.9 Å². The van der Waals surface area contributed by atoms with E-state index in [0.717, 1.165) is 4.90 Å². The van der Waals surface area contributed by atoms with Gasteiger partial charge in [0.25, 0.3) is 11.9 Å². The number of anilines is 1. The Morgan fingerprint density at radius 3 is 2.25 bits per heavy atom. The van der Waals surface area contributed by atoms with Crippen LogP contribution < -0.4 is 4.90 Å². The average molecular weight is 300 g/mol. The van der Waals surface area contributed by atoms with Crippen LogP contribution in [0.25, 0.3) is 0 Å². The molecule has 0 spiro atoms. The molecule has 1 aromatic heterocycles. The molecule has 0 atom stereocenters. The van der Waals surface area contributed by atoms with E-state index in [1.807, 2.05) is 0 Å². The topological polar surface area (TPSA) is 66.6 Å². The van der Waals surface area contributed by atoms with Gasteiger partial charge in [-0.05, 0) is 0 Å². The molecule has 0 bridgehead atoms. The highest BCUT2D eigenvalue weighted by Gasteiger charge is 2.43. The van der Waals surface area contributed by atoms with Gasteiger partial charge >= 0.3 is 12.1 Å². The summed E-state index contributed by atoms with van der Waals surface area (Å²) in [5.74, 6) is -6.14. The molecule has 0 aliphatic carbocycles. The van der Waals surface area contributed by atoms with Gasteiger partial charge in [-0.2, -0.15) is 18.2 Å². The molecule has 1 aromatic rings. The third kappa shape index (κ3) is 2.83. The Hall–Kier alpha value is -1.87. The van der Waals surface area contributed by atoms with E-state index in [2.05, 4.69) is 9.40 Å². The first-order valence-electron chi connectivity index (χ1n) is 5.54. The number of carboxylic acid groups (broad SMARTS) is 1. The molecule has 1 N–H and O–H groups in total. The van der Waals surface area contributed by atoms with Crippen LogP contribution in [0.5, 0.6) is 0 Å². The zero-order valence-corrected chi connectivity index (χ0v) is 9.88. The van der Waals surface area contributed by atoms with Crippen molar-refractivity contribution in [2.75, 3.05) is 18.0 Å².